The molecule has 0 saturated heterocycles. The minimum Gasteiger partial charge on any atom is -0.497 e. The van der Waals surface area contributed by atoms with Crippen LogP contribution in [-0.4, -0.2) is 24.3 Å². The predicted molar refractivity (Wildman–Crippen MR) is 47.5 cm³/mol. The summed E-state index contributed by atoms with van der Waals surface area (Å²) in [5, 5.41) is 17.8. The number of halogens is 1. The third kappa shape index (κ3) is 1.81. The maximum absolute atomic E-state index is 13.3. The Balaban J connectivity index is 3.32. The van der Waals surface area contributed by atoms with Crippen molar-refractivity contribution in [1.29, 1.82) is 0 Å². The molecular weight excluding hydrogens is 174 g/mol. The van der Waals surface area contributed by atoms with E-state index in [1.807, 2.05) is 0 Å². The van der Waals surface area contributed by atoms with Crippen LogP contribution in [0.25, 0.3) is 0 Å². The molecule has 0 aliphatic heterocycles. The molecule has 1 aromatic carbocycles. The maximum Gasteiger partial charge on any atom is 0.495 e. The highest BCUT2D eigenvalue weighted by molar-refractivity contribution is 6.59. The SMILES string of the molecule is COc1ccc(C)c(F)c1B(O)O. The Bertz CT molecular complexity index is 315. The summed E-state index contributed by atoms with van der Waals surface area (Å²) in [5.41, 5.74) is 0.131. The quantitative estimate of drug-likeness (QED) is 0.627. The molecular formula is C8H10BFO3. The highest BCUT2D eigenvalue weighted by Crippen LogP contribution is 2.13. The van der Waals surface area contributed by atoms with E-state index < -0.39 is 12.9 Å². The number of benzene rings is 1. The molecule has 0 bridgehead atoms. The minimum absolute atomic E-state index is 0.137. The van der Waals surface area contributed by atoms with Crippen molar-refractivity contribution in [3.63, 3.8) is 0 Å². The standard InChI is InChI=1S/C8H10BFO3/c1-5-3-4-6(13-2)7(8(5)10)9(11)12/h3-4,11-12H,1-2H3. The second kappa shape index (κ2) is 3.76. The van der Waals surface area contributed by atoms with Crippen LogP contribution in [0.5, 0.6) is 5.75 Å². The van der Waals surface area contributed by atoms with Crippen molar-refractivity contribution >= 4 is 12.6 Å². The molecule has 0 aliphatic rings. The Morgan fingerprint density at radius 3 is 2.46 bits per heavy atom. The Morgan fingerprint density at radius 1 is 1.38 bits per heavy atom. The molecule has 2 N–H and O–H groups in total. The Hall–Kier alpha value is -1.07. The summed E-state index contributed by atoms with van der Waals surface area (Å²) in [4.78, 5) is 0. The average molecular weight is 184 g/mol. The molecule has 13 heavy (non-hydrogen) atoms. The van der Waals surface area contributed by atoms with E-state index in [1.165, 1.54) is 19.2 Å². The summed E-state index contributed by atoms with van der Waals surface area (Å²) in [6.07, 6.45) is 0. The lowest BCUT2D eigenvalue weighted by atomic mass is 9.78. The third-order valence-electron chi connectivity index (χ3n) is 1.81. The Morgan fingerprint density at radius 2 is 2.00 bits per heavy atom. The first kappa shape index (κ1) is 10.0. The fourth-order valence-corrected chi connectivity index (χ4v) is 1.10. The van der Waals surface area contributed by atoms with Crippen LogP contribution in [0, 0.1) is 12.7 Å². The maximum atomic E-state index is 13.3. The molecule has 0 spiro atoms. The van der Waals surface area contributed by atoms with Gasteiger partial charge in [0.25, 0.3) is 0 Å². The topological polar surface area (TPSA) is 49.7 Å². The van der Waals surface area contributed by atoms with Crippen LogP contribution in [0.1, 0.15) is 5.56 Å². The molecule has 0 heterocycles. The smallest absolute Gasteiger partial charge is 0.495 e. The van der Waals surface area contributed by atoms with Gasteiger partial charge in [-0.25, -0.2) is 4.39 Å². The largest absolute Gasteiger partial charge is 0.497 e. The molecule has 1 aromatic rings. The third-order valence-corrected chi connectivity index (χ3v) is 1.81. The van der Waals surface area contributed by atoms with Crippen LogP contribution >= 0.6 is 0 Å². The van der Waals surface area contributed by atoms with Crippen molar-refractivity contribution in [2.45, 2.75) is 6.92 Å². The lowest BCUT2D eigenvalue weighted by Gasteiger charge is -2.09. The molecule has 0 radical (unpaired) electrons. The van der Waals surface area contributed by atoms with Crippen LogP contribution in [0.3, 0.4) is 0 Å². The Labute approximate surface area is 75.9 Å². The fraction of sp³-hybridized carbons (Fsp3) is 0.250. The van der Waals surface area contributed by atoms with E-state index in [0.717, 1.165) is 0 Å². The molecule has 0 aromatic heterocycles. The van der Waals surface area contributed by atoms with Crippen molar-refractivity contribution in [2.75, 3.05) is 7.11 Å². The van der Waals surface area contributed by atoms with Crippen molar-refractivity contribution < 1.29 is 19.2 Å². The van der Waals surface area contributed by atoms with Gasteiger partial charge in [-0.2, -0.15) is 0 Å². The van der Waals surface area contributed by atoms with Gasteiger partial charge < -0.3 is 14.8 Å². The van der Waals surface area contributed by atoms with Gasteiger partial charge in [0, 0.05) is 0 Å². The minimum atomic E-state index is -1.85. The normalized spacial score (nSPS) is 9.92. The van der Waals surface area contributed by atoms with Crippen LogP contribution in [0.2, 0.25) is 0 Å². The van der Waals surface area contributed by atoms with Gasteiger partial charge in [-0.05, 0) is 18.6 Å². The van der Waals surface area contributed by atoms with Crippen molar-refractivity contribution in [2.24, 2.45) is 0 Å². The zero-order valence-electron chi connectivity index (χ0n) is 7.41. The van der Waals surface area contributed by atoms with E-state index in [4.69, 9.17) is 14.8 Å². The first-order chi connectivity index (χ1) is 6.07. The number of aryl methyl sites for hydroxylation is 1. The molecule has 0 saturated carbocycles. The van der Waals surface area contributed by atoms with Crippen molar-refractivity contribution in [3.05, 3.63) is 23.5 Å². The summed E-state index contributed by atoms with van der Waals surface area (Å²) in [5.74, 6) is -0.507. The van der Waals surface area contributed by atoms with Gasteiger partial charge in [-0.15, -0.1) is 0 Å². The number of hydrogen-bond acceptors (Lipinski definition) is 3. The van der Waals surface area contributed by atoms with Crippen molar-refractivity contribution in [1.82, 2.24) is 0 Å². The van der Waals surface area contributed by atoms with Crippen molar-refractivity contribution in [3.8, 4) is 5.75 Å². The molecule has 3 nitrogen and oxygen atoms in total. The molecule has 1 rings (SSSR count). The van der Waals surface area contributed by atoms with E-state index >= 15 is 0 Å². The zero-order valence-corrected chi connectivity index (χ0v) is 7.41. The first-order valence-electron chi connectivity index (χ1n) is 3.77. The van der Waals surface area contributed by atoms with Gasteiger partial charge in [0.1, 0.15) is 11.6 Å². The summed E-state index contributed by atoms with van der Waals surface area (Å²) in [7, 11) is -0.509. The number of ether oxygens (including phenoxy) is 1. The van der Waals surface area contributed by atoms with E-state index in [9.17, 15) is 4.39 Å². The lowest BCUT2D eigenvalue weighted by molar-refractivity contribution is 0.398. The van der Waals surface area contributed by atoms with Gasteiger partial charge in [0.2, 0.25) is 0 Å². The summed E-state index contributed by atoms with van der Waals surface area (Å²) >= 11 is 0. The van der Waals surface area contributed by atoms with Crippen LogP contribution < -0.4 is 10.2 Å². The molecule has 0 fully saturated rings. The molecule has 0 amide bonds. The van der Waals surface area contributed by atoms with Gasteiger partial charge in [0.15, 0.2) is 0 Å². The summed E-state index contributed by atoms with van der Waals surface area (Å²) < 4.78 is 18.1. The summed E-state index contributed by atoms with van der Waals surface area (Å²) in [6.45, 7) is 1.54. The summed E-state index contributed by atoms with van der Waals surface area (Å²) in [6, 6.07) is 3.01. The Kier molecular flexibility index (Phi) is 2.90. The highest BCUT2D eigenvalue weighted by Gasteiger charge is 2.22. The van der Waals surface area contributed by atoms with Crippen LogP contribution in [-0.2, 0) is 0 Å². The fourth-order valence-electron chi connectivity index (χ4n) is 1.10. The zero-order chi connectivity index (χ0) is 10.0. The van der Waals surface area contributed by atoms with E-state index in [-0.39, 0.29) is 11.2 Å². The van der Waals surface area contributed by atoms with Gasteiger partial charge in [0.05, 0.1) is 12.6 Å². The molecule has 0 unspecified atom stereocenters. The average Bonchev–Trinajstić information content (AvgIpc) is 2.08. The van der Waals surface area contributed by atoms with Gasteiger partial charge in [-0.3, -0.25) is 0 Å². The number of methoxy groups -OCH3 is 1. The van der Waals surface area contributed by atoms with E-state index in [2.05, 4.69) is 0 Å². The molecule has 5 heteroatoms. The van der Waals surface area contributed by atoms with E-state index in [1.54, 1.807) is 6.92 Å². The van der Waals surface area contributed by atoms with Crippen LogP contribution in [0.4, 0.5) is 4.39 Å². The first-order valence-corrected chi connectivity index (χ1v) is 3.77. The van der Waals surface area contributed by atoms with Gasteiger partial charge >= 0.3 is 7.12 Å². The lowest BCUT2D eigenvalue weighted by Crippen LogP contribution is -2.34. The van der Waals surface area contributed by atoms with Gasteiger partial charge in [-0.1, -0.05) is 6.07 Å². The number of hydrogen-bond donors (Lipinski definition) is 2. The highest BCUT2D eigenvalue weighted by atomic mass is 19.1. The second-order valence-corrected chi connectivity index (χ2v) is 2.69. The molecule has 0 aliphatic carbocycles. The van der Waals surface area contributed by atoms with E-state index in [0.29, 0.717) is 5.56 Å². The molecule has 0 atom stereocenters. The second-order valence-electron chi connectivity index (χ2n) is 2.69. The monoisotopic (exact) mass is 184 g/mol. The van der Waals surface area contributed by atoms with Crippen LogP contribution in [0.15, 0.2) is 12.1 Å². The predicted octanol–water partition coefficient (Wildman–Crippen LogP) is -0.177. The molecule has 70 valence electrons. The number of rotatable bonds is 2.